The van der Waals surface area contributed by atoms with Gasteiger partial charge in [0, 0.05) is 39.9 Å². The molecule has 0 fully saturated rings. The Balaban J connectivity index is 2.51. The topological polar surface area (TPSA) is 95.2 Å². The van der Waals surface area contributed by atoms with Crippen molar-refractivity contribution in [1.82, 2.24) is 0 Å². The number of thiocarbonyl (C=S) groups is 1. The van der Waals surface area contributed by atoms with Gasteiger partial charge < -0.3 is 11.5 Å². The van der Waals surface area contributed by atoms with Crippen molar-refractivity contribution in [3.63, 3.8) is 0 Å². The Morgan fingerprint density at radius 3 is 2.67 bits per heavy atom. The van der Waals surface area contributed by atoms with Crippen molar-refractivity contribution in [3.05, 3.63) is 51.7 Å². The van der Waals surface area contributed by atoms with E-state index in [4.69, 9.17) is 23.7 Å². The highest BCUT2D eigenvalue weighted by Crippen LogP contribution is 2.30. The molecule has 0 bridgehead atoms. The van der Waals surface area contributed by atoms with Crippen LogP contribution in [0, 0.1) is 10.1 Å². The lowest BCUT2D eigenvalue weighted by Crippen LogP contribution is -2.09. The third kappa shape index (κ3) is 2.23. The second-order valence-electron chi connectivity index (χ2n) is 3.92. The van der Waals surface area contributed by atoms with E-state index in [-0.39, 0.29) is 5.70 Å². The Labute approximate surface area is 109 Å². The number of nitrogens with two attached hydrogens (primary N) is 2. The molecule has 0 amide bonds. The highest BCUT2D eigenvalue weighted by molar-refractivity contribution is 7.81. The van der Waals surface area contributed by atoms with Crippen molar-refractivity contribution in [2.45, 2.75) is 6.42 Å². The van der Waals surface area contributed by atoms with E-state index in [1.807, 2.05) is 0 Å². The summed E-state index contributed by atoms with van der Waals surface area (Å²) < 4.78 is 0. The Kier molecular flexibility index (Phi) is 3.12. The van der Waals surface area contributed by atoms with Gasteiger partial charge in [-0.25, -0.2) is 0 Å². The van der Waals surface area contributed by atoms with Gasteiger partial charge in [0.1, 0.15) is 0 Å². The Morgan fingerprint density at radius 2 is 2.06 bits per heavy atom. The number of hydrogen-bond acceptors (Lipinski definition) is 5. The molecule has 1 aromatic carbocycles. The number of allylic oxidation sites excluding steroid dienone is 3. The van der Waals surface area contributed by atoms with Gasteiger partial charge in [-0.3, -0.25) is 10.1 Å². The highest BCUT2D eigenvalue weighted by Gasteiger charge is 2.20. The molecule has 0 spiro atoms. The molecule has 0 aliphatic heterocycles. The molecule has 6 heteroatoms. The third-order valence-electron chi connectivity index (χ3n) is 2.67. The van der Waals surface area contributed by atoms with Crippen LogP contribution < -0.4 is 11.5 Å². The molecule has 4 N–H and O–H groups in total. The van der Waals surface area contributed by atoms with E-state index in [9.17, 15) is 10.1 Å². The van der Waals surface area contributed by atoms with Crippen molar-refractivity contribution in [2.24, 2.45) is 0 Å². The number of hydrogen-bond donors (Lipinski definition) is 2. The van der Waals surface area contributed by atoms with Gasteiger partial charge in [-0.1, -0.05) is 18.3 Å². The standard InChI is InChI=1S/C12H11N3O2S/c13-7-1-3-9(11(14)5-7)10-6-8(15(16)17)2-4-12(10)18/h1-3,5-6H,4,13-14H2. The molecule has 18 heavy (non-hydrogen) atoms. The monoisotopic (exact) mass is 261 g/mol. The molecule has 1 aromatic rings. The van der Waals surface area contributed by atoms with Crippen LogP contribution in [0.4, 0.5) is 11.4 Å². The number of nitrogens with zero attached hydrogens (tertiary/aromatic N) is 1. The predicted molar refractivity (Wildman–Crippen MR) is 75.5 cm³/mol. The average Bonchev–Trinajstić information content (AvgIpc) is 2.30. The van der Waals surface area contributed by atoms with Crippen LogP contribution in [0.3, 0.4) is 0 Å². The zero-order valence-corrected chi connectivity index (χ0v) is 10.2. The SMILES string of the molecule is Nc1ccc(C2=CC([N+](=O)[O-])=CCC2=S)c(N)c1. The van der Waals surface area contributed by atoms with E-state index in [2.05, 4.69) is 0 Å². The van der Waals surface area contributed by atoms with Gasteiger partial charge in [-0.2, -0.15) is 0 Å². The number of rotatable bonds is 2. The second-order valence-corrected chi connectivity index (χ2v) is 4.41. The maximum atomic E-state index is 10.8. The molecular formula is C12H11N3O2S. The molecule has 5 nitrogen and oxygen atoms in total. The highest BCUT2D eigenvalue weighted by atomic mass is 32.1. The van der Waals surface area contributed by atoms with Gasteiger partial charge in [-0.15, -0.1) is 0 Å². The minimum atomic E-state index is -0.435. The Hall–Kier alpha value is -2.21. The molecule has 2 rings (SSSR count). The first kappa shape index (κ1) is 12.3. The van der Waals surface area contributed by atoms with Crippen LogP contribution >= 0.6 is 12.2 Å². The molecule has 0 saturated heterocycles. The van der Waals surface area contributed by atoms with Crippen LogP contribution in [0.1, 0.15) is 12.0 Å². The smallest absolute Gasteiger partial charge is 0.266 e. The molecule has 0 aromatic heterocycles. The van der Waals surface area contributed by atoms with Crippen molar-refractivity contribution < 1.29 is 4.92 Å². The summed E-state index contributed by atoms with van der Waals surface area (Å²) in [5.41, 5.74) is 13.8. The number of nitro groups is 1. The molecule has 0 heterocycles. The van der Waals surface area contributed by atoms with Crippen molar-refractivity contribution in [3.8, 4) is 0 Å². The minimum Gasteiger partial charge on any atom is -0.399 e. The molecule has 1 aliphatic carbocycles. The van der Waals surface area contributed by atoms with Gasteiger partial charge >= 0.3 is 0 Å². The summed E-state index contributed by atoms with van der Waals surface area (Å²) in [6.07, 6.45) is 3.33. The second kappa shape index (κ2) is 4.58. The minimum absolute atomic E-state index is 0.0369. The molecule has 1 aliphatic rings. The summed E-state index contributed by atoms with van der Waals surface area (Å²) >= 11 is 5.22. The largest absolute Gasteiger partial charge is 0.399 e. The van der Waals surface area contributed by atoms with Gasteiger partial charge in [0.2, 0.25) is 0 Å². The molecule has 0 saturated carbocycles. The van der Waals surface area contributed by atoms with Crippen LogP contribution in [0.2, 0.25) is 0 Å². The van der Waals surface area contributed by atoms with Crippen LogP contribution in [0.15, 0.2) is 36.0 Å². The first-order chi connectivity index (χ1) is 8.49. The number of anilines is 2. The maximum absolute atomic E-state index is 10.8. The van der Waals surface area contributed by atoms with Crippen LogP contribution in [-0.4, -0.2) is 9.79 Å². The average molecular weight is 261 g/mol. The van der Waals surface area contributed by atoms with Crippen LogP contribution in [-0.2, 0) is 0 Å². The zero-order valence-electron chi connectivity index (χ0n) is 9.42. The van der Waals surface area contributed by atoms with E-state index < -0.39 is 4.92 Å². The van der Waals surface area contributed by atoms with Gasteiger partial charge in [-0.05, 0) is 18.2 Å². The number of benzene rings is 1. The summed E-state index contributed by atoms with van der Waals surface area (Å²) in [6.45, 7) is 0. The fourth-order valence-corrected chi connectivity index (χ4v) is 2.03. The van der Waals surface area contributed by atoms with E-state index in [0.717, 1.165) is 0 Å². The summed E-state index contributed by atoms with van der Waals surface area (Å²) in [7, 11) is 0. The van der Waals surface area contributed by atoms with Gasteiger partial charge in [0.15, 0.2) is 0 Å². The van der Waals surface area contributed by atoms with E-state index in [1.165, 1.54) is 12.2 Å². The van der Waals surface area contributed by atoms with Crippen molar-refractivity contribution >= 4 is 34.0 Å². The number of nitrogen functional groups attached to an aromatic ring is 2. The fourth-order valence-electron chi connectivity index (χ4n) is 1.78. The van der Waals surface area contributed by atoms with Gasteiger partial charge in [0.05, 0.1) is 4.92 Å². The van der Waals surface area contributed by atoms with Crippen molar-refractivity contribution in [2.75, 3.05) is 11.5 Å². The first-order valence-corrected chi connectivity index (χ1v) is 5.64. The summed E-state index contributed by atoms with van der Waals surface area (Å²) in [5.74, 6) is 0. The molecule has 0 atom stereocenters. The normalized spacial score (nSPS) is 15.0. The third-order valence-corrected chi connectivity index (χ3v) is 3.05. The Bertz CT molecular complexity index is 605. The summed E-state index contributed by atoms with van der Waals surface area (Å²) in [4.78, 5) is 11.0. The quantitative estimate of drug-likeness (QED) is 0.368. The molecular weight excluding hydrogens is 250 g/mol. The maximum Gasteiger partial charge on any atom is 0.266 e. The first-order valence-electron chi connectivity index (χ1n) is 5.24. The van der Waals surface area contributed by atoms with Crippen molar-refractivity contribution in [1.29, 1.82) is 0 Å². The van der Waals surface area contributed by atoms with Crippen LogP contribution in [0.25, 0.3) is 5.57 Å². The van der Waals surface area contributed by atoms with E-state index in [1.54, 1.807) is 18.2 Å². The lowest BCUT2D eigenvalue weighted by Gasteiger charge is -2.14. The fraction of sp³-hybridized carbons (Fsp3) is 0.0833. The molecule has 0 unspecified atom stereocenters. The predicted octanol–water partition coefficient (Wildman–Crippen LogP) is 2.17. The van der Waals surface area contributed by atoms with E-state index in [0.29, 0.717) is 33.8 Å². The molecule has 92 valence electrons. The molecule has 0 radical (unpaired) electrons. The summed E-state index contributed by atoms with van der Waals surface area (Å²) in [6, 6.07) is 5.04. The lowest BCUT2D eigenvalue weighted by molar-refractivity contribution is -0.419. The van der Waals surface area contributed by atoms with Gasteiger partial charge in [0.25, 0.3) is 5.70 Å². The van der Waals surface area contributed by atoms with E-state index >= 15 is 0 Å². The summed E-state index contributed by atoms with van der Waals surface area (Å²) in [5, 5.41) is 10.8. The Morgan fingerprint density at radius 1 is 1.33 bits per heavy atom. The van der Waals surface area contributed by atoms with Crippen LogP contribution in [0.5, 0.6) is 0 Å². The zero-order chi connectivity index (χ0) is 13.3. The lowest BCUT2D eigenvalue weighted by atomic mass is 9.94.